The number of esters is 1. The van der Waals surface area contributed by atoms with Crippen molar-refractivity contribution in [3.05, 3.63) is 69.7 Å². The molecule has 0 aliphatic rings. The molecule has 1 heterocycles. The maximum atomic E-state index is 12.8. The van der Waals surface area contributed by atoms with Gasteiger partial charge in [0.2, 0.25) is 0 Å². The summed E-state index contributed by atoms with van der Waals surface area (Å²) >= 11 is 13.3. The Morgan fingerprint density at radius 1 is 1.20 bits per heavy atom. The first-order valence-electron chi connectivity index (χ1n) is 8.89. The topological polar surface area (TPSA) is 99.2 Å². The molecule has 0 saturated carbocycles. The van der Waals surface area contributed by atoms with Gasteiger partial charge in [0.05, 0.1) is 17.3 Å². The third-order valence-electron chi connectivity index (χ3n) is 3.95. The van der Waals surface area contributed by atoms with Crippen LogP contribution >= 0.6 is 35.0 Å². The van der Waals surface area contributed by atoms with Gasteiger partial charge in [-0.15, -0.1) is 0 Å². The lowest BCUT2D eigenvalue weighted by Gasteiger charge is -2.08. The highest BCUT2D eigenvalue weighted by Crippen LogP contribution is 2.31. The third-order valence-corrected chi connectivity index (χ3v) is 5.55. The third kappa shape index (κ3) is 5.08. The van der Waals surface area contributed by atoms with E-state index < -0.39 is 12.0 Å². The van der Waals surface area contributed by atoms with Gasteiger partial charge in [-0.2, -0.15) is 9.78 Å². The Kier molecular flexibility index (Phi) is 7.25. The number of amides is 1. The zero-order valence-corrected chi connectivity index (χ0v) is 18.2. The molecule has 3 N–H and O–H groups in total. The molecule has 0 aliphatic heterocycles. The quantitative estimate of drug-likeness (QED) is 0.378. The van der Waals surface area contributed by atoms with Gasteiger partial charge in [0.15, 0.2) is 0 Å². The van der Waals surface area contributed by atoms with E-state index in [-0.39, 0.29) is 18.0 Å². The van der Waals surface area contributed by atoms with Crippen LogP contribution in [-0.2, 0) is 10.5 Å². The van der Waals surface area contributed by atoms with E-state index in [0.717, 1.165) is 10.2 Å². The molecule has 30 heavy (non-hydrogen) atoms. The largest absolute Gasteiger partial charge is 0.462 e. The molecule has 0 fully saturated rings. The second-order valence-electron chi connectivity index (χ2n) is 6.03. The van der Waals surface area contributed by atoms with Gasteiger partial charge in [-0.05, 0) is 30.7 Å². The number of nitrogens with two attached hydrogens (primary N) is 1. The molecular formula is C20H18Cl2N4O3S. The fourth-order valence-electron chi connectivity index (χ4n) is 2.55. The number of benzene rings is 2. The van der Waals surface area contributed by atoms with Gasteiger partial charge in [-0.3, -0.25) is 0 Å². The number of thioether (sulfide) groups is 1. The number of nitrogens with one attached hydrogen (secondary N) is 1. The summed E-state index contributed by atoms with van der Waals surface area (Å²) in [5.41, 5.74) is 7.46. The highest BCUT2D eigenvalue weighted by molar-refractivity contribution is 7.98. The Balaban J connectivity index is 1.91. The van der Waals surface area contributed by atoms with E-state index in [1.165, 1.54) is 17.8 Å². The van der Waals surface area contributed by atoms with E-state index >= 15 is 0 Å². The van der Waals surface area contributed by atoms with Gasteiger partial charge in [-0.25, -0.2) is 9.59 Å². The van der Waals surface area contributed by atoms with Gasteiger partial charge in [0.1, 0.15) is 16.4 Å². The van der Waals surface area contributed by atoms with Crippen molar-refractivity contribution in [2.45, 2.75) is 17.7 Å². The standard InChI is InChI=1S/C20H18Cl2N4O3S/c1-2-29-19(27)16-17(23)26(20(28)24-15-10-13(21)8-9-14(15)22)25-18(16)30-11-12-6-4-3-5-7-12/h3-10H,2,11,23H2,1H3,(H,24,28). The summed E-state index contributed by atoms with van der Waals surface area (Å²) < 4.78 is 6.01. The number of rotatable bonds is 6. The Morgan fingerprint density at radius 2 is 1.93 bits per heavy atom. The van der Waals surface area contributed by atoms with E-state index in [9.17, 15) is 9.59 Å². The molecule has 0 saturated heterocycles. The maximum Gasteiger partial charge on any atom is 0.348 e. The van der Waals surface area contributed by atoms with Crippen LogP contribution in [0.2, 0.25) is 10.0 Å². The maximum absolute atomic E-state index is 12.8. The summed E-state index contributed by atoms with van der Waals surface area (Å²) in [6, 6.07) is 13.6. The average molecular weight is 465 g/mol. The van der Waals surface area contributed by atoms with Gasteiger partial charge < -0.3 is 15.8 Å². The van der Waals surface area contributed by atoms with E-state index in [1.807, 2.05) is 30.3 Å². The van der Waals surface area contributed by atoms with Crippen molar-refractivity contribution < 1.29 is 14.3 Å². The molecule has 0 unspecified atom stereocenters. The van der Waals surface area contributed by atoms with Crippen molar-refractivity contribution >= 4 is 58.5 Å². The predicted octanol–water partition coefficient (Wildman–Crippen LogP) is 5.32. The molecule has 156 valence electrons. The lowest BCUT2D eigenvalue weighted by Crippen LogP contribution is -2.23. The number of hydrogen-bond acceptors (Lipinski definition) is 6. The summed E-state index contributed by atoms with van der Waals surface area (Å²) in [5, 5.41) is 7.82. The SMILES string of the molecule is CCOC(=O)c1c(SCc2ccccc2)nn(C(=O)Nc2cc(Cl)ccc2Cl)c1N. The Bertz CT molecular complexity index is 1070. The van der Waals surface area contributed by atoms with Crippen LogP contribution in [0.5, 0.6) is 0 Å². The van der Waals surface area contributed by atoms with Crippen LogP contribution in [0.15, 0.2) is 53.6 Å². The van der Waals surface area contributed by atoms with Crippen LogP contribution in [0.25, 0.3) is 0 Å². The Morgan fingerprint density at radius 3 is 2.63 bits per heavy atom. The zero-order valence-electron chi connectivity index (χ0n) is 15.9. The van der Waals surface area contributed by atoms with Crippen molar-refractivity contribution in [1.29, 1.82) is 0 Å². The van der Waals surface area contributed by atoms with Crippen molar-refractivity contribution in [3.8, 4) is 0 Å². The van der Waals surface area contributed by atoms with Crippen molar-refractivity contribution in [2.24, 2.45) is 0 Å². The second-order valence-corrected chi connectivity index (χ2v) is 7.83. The molecule has 0 radical (unpaired) electrons. The summed E-state index contributed by atoms with van der Waals surface area (Å²) in [4.78, 5) is 25.2. The number of nitrogen functional groups attached to an aromatic ring is 1. The molecule has 1 aromatic heterocycles. The number of nitrogens with zero attached hydrogens (tertiary/aromatic N) is 2. The molecule has 0 aliphatic carbocycles. The number of carbonyl (C=O) groups is 2. The highest BCUT2D eigenvalue weighted by Gasteiger charge is 2.26. The van der Waals surface area contributed by atoms with Gasteiger partial charge >= 0.3 is 12.0 Å². The first kappa shape index (κ1) is 22.0. The average Bonchev–Trinajstić information content (AvgIpc) is 3.06. The van der Waals surface area contributed by atoms with Gasteiger partial charge in [0, 0.05) is 10.8 Å². The minimum atomic E-state index is -0.686. The zero-order chi connectivity index (χ0) is 21.7. The Hall–Kier alpha value is -2.68. The van der Waals surface area contributed by atoms with Crippen LogP contribution < -0.4 is 11.1 Å². The number of anilines is 2. The second kappa shape index (κ2) is 9.88. The predicted molar refractivity (Wildman–Crippen MR) is 119 cm³/mol. The molecule has 10 heteroatoms. The van der Waals surface area contributed by atoms with Crippen molar-refractivity contribution in [3.63, 3.8) is 0 Å². The van der Waals surface area contributed by atoms with Crippen molar-refractivity contribution in [2.75, 3.05) is 17.7 Å². The molecule has 2 aromatic carbocycles. The molecule has 3 aromatic rings. The summed E-state index contributed by atoms with van der Waals surface area (Å²) in [6.07, 6.45) is 0. The monoisotopic (exact) mass is 464 g/mol. The van der Waals surface area contributed by atoms with E-state index in [0.29, 0.717) is 26.5 Å². The number of aromatic nitrogens is 2. The Labute approximate surface area is 187 Å². The molecule has 3 rings (SSSR count). The fraction of sp³-hybridized carbons (Fsp3) is 0.150. The lowest BCUT2D eigenvalue weighted by atomic mass is 10.2. The van der Waals surface area contributed by atoms with Crippen LogP contribution in [0.3, 0.4) is 0 Å². The van der Waals surface area contributed by atoms with Crippen LogP contribution in [-0.4, -0.2) is 28.4 Å². The van der Waals surface area contributed by atoms with Crippen LogP contribution in [0, 0.1) is 0 Å². The normalized spacial score (nSPS) is 10.6. The molecular weight excluding hydrogens is 447 g/mol. The summed E-state index contributed by atoms with van der Waals surface area (Å²) in [6.45, 7) is 1.85. The van der Waals surface area contributed by atoms with Gasteiger partial charge in [-0.1, -0.05) is 65.3 Å². The van der Waals surface area contributed by atoms with E-state index in [4.69, 9.17) is 33.7 Å². The lowest BCUT2D eigenvalue weighted by molar-refractivity contribution is 0.0523. The number of carbonyl (C=O) groups excluding carboxylic acids is 2. The number of hydrogen-bond donors (Lipinski definition) is 2. The van der Waals surface area contributed by atoms with E-state index in [1.54, 1.807) is 19.1 Å². The minimum Gasteiger partial charge on any atom is -0.462 e. The molecule has 7 nitrogen and oxygen atoms in total. The summed E-state index contributed by atoms with van der Waals surface area (Å²) in [5.74, 6) is -0.240. The van der Waals surface area contributed by atoms with Crippen molar-refractivity contribution in [1.82, 2.24) is 9.78 Å². The first-order chi connectivity index (χ1) is 14.4. The first-order valence-corrected chi connectivity index (χ1v) is 10.6. The van der Waals surface area contributed by atoms with Gasteiger partial charge in [0.25, 0.3) is 0 Å². The number of halogens is 2. The molecule has 0 bridgehead atoms. The van der Waals surface area contributed by atoms with E-state index in [2.05, 4.69) is 10.4 Å². The molecule has 0 spiro atoms. The van der Waals surface area contributed by atoms with Crippen LogP contribution in [0.4, 0.5) is 16.3 Å². The number of ether oxygens (including phenoxy) is 1. The fourth-order valence-corrected chi connectivity index (χ4v) is 3.85. The smallest absolute Gasteiger partial charge is 0.348 e. The van der Waals surface area contributed by atoms with Crippen LogP contribution in [0.1, 0.15) is 22.8 Å². The molecule has 1 amide bonds. The highest BCUT2D eigenvalue weighted by atomic mass is 35.5. The molecule has 0 atom stereocenters. The summed E-state index contributed by atoms with van der Waals surface area (Å²) in [7, 11) is 0. The minimum absolute atomic E-state index is 0.0464.